The minimum absolute atomic E-state index is 0.739. The van der Waals surface area contributed by atoms with Crippen LogP contribution in [0.4, 0.5) is 0 Å². The lowest BCUT2D eigenvalue weighted by Crippen LogP contribution is -2.45. The van der Waals surface area contributed by atoms with Crippen LogP contribution < -0.4 is 5.32 Å². The van der Waals surface area contributed by atoms with Gasteiger partial charge in [-0.3, -0.25) is 0 Å². The standard InChI is InChI=1S/C13H25NS/c1-9(2)11-4-5-12-13(8-11)15-7-6-10(3)14-12/h9-14H,4-8H2,1-3H3. The maximum absolute atomic E-state index is 3.82. The Labute approximate surface area is 98.8 Å². The van der Waals surface area contributed by atoms with Gasteiger partial charge in [-0.1, -0.05) is 13.8 Å². The van der Waals surface area contributed by atoms with Crippen LogP contribution in [-0.2, 0) is 0 Å². The van der Waals surface area contributed by atoms with E-state index in [1.807, 2.05) is 0 Å². The van der Waals surface area contributed by atoms with E-state index in [9.17, 15) is 0 Å². The van der Waals surface area contributed by atoms with E-state index in [1.165, 1.54) is 31.4 Å². The maximum atomic E-state index is 3.82. The van der Waals surface area contributed by atoms with Gasteiger partial charge in [0.05, 0.1) is 0 Å². The first-order valence-corrected chi connectivity index (χ1v) is 7.59. The fraction of sp³-hybridized carbons (Fsp3) is 1.00. The van der Waals surface area contributed by atoms with Crippen molar-refractivity contribution in [3.63, 3.8) is 0 Å². The van der Waals surface area contributed by atoms with Crippen molar-refractivity contribution >= 4 is 11.8 Å². The van der Waals surface area contributed by atoms with Crippen molar-refractivity contribution in [2.45, 2.75) is 63.8 Å². The Morgan fingerprint density at radius 1 is 1.20 bits per heavy atom. The van der Waals surface area contributed by atoms with Gasteiger partial charge in [0.25, 0.3) is 0 Å². The number of hydrogen-bond donors (Lipinski definition) is 1. The topological polar surface area (TPSA) is 12.0 Å². The fourth-order valence-corrected chi connectivity index (χ4v) is 4.61. The highest BCUT2D eigenvalue weighted by Crippen LogP contribution is 2.37. The largest absolute Gasteiger partial charge is 0.310 e. The Kier molecular flexibility index (Phi) is 4.00. The van der Waals surface area contributed by atoms with Crippen LogP contribution in [0.15, 0.2) is 0 Å². The van der Waals surface area contributed by atoms with E-state index in [2.05, 4.69) is 37.8 Å². The molecule has 2 rings (SSSR count). The normalized spacial score (nSPS) is 42.4. The Balaban J connectivity index is 1.95. The van der Waals surface area contributed by atoms with Crippen LogP contribution in [-0.4, -0.2) is 23.1 Å². The Morgan fingerprint density at radius 3 is 2.73 bits per heavy atom. The molecule has 2 fully saturated rings. The molecule has 88 valence electrons. The van der Waals surface area contributed by atoms with Gasteiger partial charge in [-0.2, -0.15) is 11.8 Å². The summed E-state index contributed by atoms with van der Waals surface area (Å²) >= 11 is 2.23. The van der Waals surface area contributed by atoms with E-state index in [0.717, 1.165) is 29.2 Å². The second kappa shape index (κ2) is 5.09. The minimum Gasteiger partial charge on any atom is -0.310 e. The van der Waals surface area contributed by atoms with Crippen LogP contribution in [0.3, 0.4) is 0 Å². The summed E-state index contributed by atoms with van der Waals surface area (Å²) in [6.07, 6.45) is 5.65. The van der Waals surface area contributed by atoms with Crippen molar-refractivity contribution in [1.29, 1.82) is 0 Å². The second-order valence-corrected chi connectivity index (χ2v) is 7.04. The van der Waals surface area contributed by atoms with E-state index < -0.39 is 0 Å². The second-order valence-electron chi connectivity index (χ2n) is 5.69. The lowest BCUT2D eigenvalue weighted by Gasteiger charge is -2.37. The van der Waals surface area contributed by atoms with Crippen molar-refractivity contribution < 1.29 is 0 Å². The van der Waals surface area contributed by atoms with Gasteiger partial charge >= 0.3 is 0 Å². The Bertz CT molecular complexity index is 205. The summed E-state index contributed by atoms with van der Waals surface area (Å²) in [5.41, 5.74) is 0. The molecule has 0 amide bonds. The van der Waals surface area contributed by atoms with Crippen LogP contribution in [0.1, 0.15) is 46.5 Å². The summed E-state index contributed by atoms with van der Waals surface area (Å²) in [6.45, 7) is 7.13. The fourth-order valence-electron chi connectivity index (χ4n) is 2.99. The third kappa shape index (κ3) is 2.91. The quantitative estimate of drug-likeness (QED) is 0.738. The van der Waals surface area contributed by atoms with Gasteiger partial charge in [0.1, 0.15) is 0 Å². The molecule has 4 atom stereocenters. The highest BCUT2D eigenvalue weighted by molar-refractivity contribution is 7.99. The molecule has 2 aliphatic rings. The van der Waals surface area contributed by atoms with Gasteiger partial charge in [0.2, 0.25) is 0 Å². The minimum atomic E-state index is 0.739. The van der Waals surface area contributed by atoms with Crippen LogP contribution in [0.25, 0.3) is 0 Å². The van der Waals surface area contributed by atoms with Crippen LogP contribution in [0.2, 0.25) is 0 Å². The van der Waals surface area contributed by atoms with Crippen molar-refractivity contribution in [3.8, 4) is 0 Å². The lowest BCUT2D eigenvalue weighted by atomic mass is 9.79. The molecule has 1 heterocycles. The van der Waals surface area contributed by atoms with E-state index in [-0.39, 0.29) is 0 Å². The number of thioether (sulfide) groups is 1. The summed E-state index contributed by atoms with van der Waals surface area (Å²) in [4.78, 5) is 0. The molecule has 1 aliphatic carbocycles. The molecule has 1 saturated carbocycles. The molecule has 1 N–H and O–H groups in total. The molecule has 0 aromatic heterocycles. The van der Waals surface area contributed by atoms with Crippen LogP contribution in [0, 0.1) is 11.8 Å². The highest BCUT2D eigenvalue weighted by Gasteiger charge is 2.33. The SMILES string of the molecule is CC1CCSC2CC(C(C)C)CCC2N1. The van der Waals surface area contributed by atoms with Crippen molar-refractivity contribution in [1.82, 2.24) is 5.32 Å². The predicted molar refractivity (Wildman–Crippen MR) is 69.4 cm³/mol. The molecule has 0 spiro atoms. The first kappa shape index (κ1) is 11.8. The first-order valence-electron chi connectivity index (χ1n) is 6.54. The summed E-state index contributed by atoms with van der Waals surface area (Å²) in [5, 5.41) is 4.72. The predicted octanol–water partition coefficient (Wildman–Crippen LogP) is 3.29. The Hall–Kier alpha value is 0.310. The molecule has 0 bridgehead atoms. The maximum Gasteiger partial charge on any atom is 0.0204 e. The van der Waals surface area contributed by atoms with Gasteiger partial charge in [-0.15, -0.1) is 0 Å². The lowest BCUT2D eigenvalue weighted by molar-refractivity contribution is 0.239. The zero-order valence-electron chi connectivity index (χ0n) is 10.3. The van der Waals surface area contributed by atoms with Gasteiger partial charge in [0.15, 0.2) is 0 Å². The summed E-state index contributed by atoms with van der Waals surface area (Å²) in [6, 6.07) is 1.55. The molecule has 0 aromatic carbocycles. The van der Waals surface area contributed by atoms with E-state index >= 15 is 0 Å². The van der Waals surface area contributed by atoms with Gasteiger partial charge in [-0.05, 0) is 50.2 Å². The molecule has 2 heteroatoms. The smallest absolute Gasteiger partial charge is 0.0204 e. The summed E-state index contributed by atoms with van der Waals surface area (Å²) in [7, 11) is 0. The third-order valence-corrected chi connectivity index (χ3v) is 5.58. The molecule has 15 heavy (non-hydrogen) atoms. The molecule has 0 aromatic rings. The van der Waals surface area contributed by atoms with Gasteiger partial charge < -0.3 is 5.32 Å². The molecular formula is C13H25NS. The van der Waals surface area contributed by atoms with Crippen LogP contribution >= 0.6 is 11.8 Å². The van der Waals surface area contributed by atoms with Crippen molar-refractivity contribution in [2.75, 3.05) is 5.75 Å². The van der Waals surface area contributed by atoms with Gasteiger partial charge in [-0.25, -0.2) is 0 Å². The van der Waals surface area contributed by atoms with E-state index in [4.69, 9.17) is 0 Å². The molecule has 0 radical (unpaired) electrons. The number of hydrogen-bond acceptors (Lipinski definition) is 2. The zero-order valence-corrected chi connectivity index (χ0v) is 11.1. The highest BCUT2D eigenvalue weighted by atomic mass is 32.2. The molecular weight excluding hydrogens is 202 g/mol. The Morgan fingerprint density at radius 2 is 2.00 bits per heavy atom. The van der Waals surface area contributed by atoms with E-state index in [0.29, 0.717) is 0 Å². The van der Waals surface area contributed by atoms with E-state index in [1.54, 1.807) is 0 Å². The van der Waals surface area contributed by atoms with Gasteiger partial charge in [0, 0.05) is 17.3 Å². The summed E-state index contributed by atoms with van der Waals surface area (Å²) < 4.78 is 0. The average Bonchev–Trinajstić information content (AvgIpc) is 2.37. The molecule has 1 saturated heterocycles. The zero-order chi connectivity index (χ0) is 10.8. The number of fused-ring (bicyclic) bond motifs is 1. The monoisotopic (exact) mass is 227 g/mol. The van der Waals surface area contributed by atoms with Crippen molar-refractivity contribution in [2.24, 2.45) is 11.8 Å². The number of nitrogens with one attached hydrogen (secondary N) is 1. The molecule has 4 unspecified atom stereocenters. The van der Waals surface area contributed by atoms with Crippen LogP contribution in [0.5, 0.6) is 0 Å². The molecule has 1 aliphatic heterocycles. The number of rotatable bonds is 1. The molecule has 1 nitrogen and oxygen atoms in total. The third-order valence-electron chi connectivity index (χ3n) is 4.16. The summed E-state index contributed by atoms with van der Waals surface area (Å²) in [5.74, 6) is 3.22. The average molecular weight is 227 g/mol. The first-order chi connectivity index (χ1) is 7.16. The van der Waals surface area contributed by atoms with Crippen molar-refractivity contribution in [3.05, 3.63) is 0 Å².